The van der Waals surface area contributed by atoms with E-state index in [2.05, 4.69) is 6.58 Å². The highest BCUT2D eigenvalue weighted by molar-refractivity contribution is 4.88. The van der Waals surface area contributed by atoms with Crippen LogP contribution in [0.1, 0.15) is 19.3 Å². The molecule has 0 aliphatic carbocycles. The number of allylic oxidation sites excluding steroid dienone is 2. The zero-order valence-electron chi connectivity index (χ0n) is 6.74. The molecule has 0 saturated heterocycles. The molecule has 2 heteroatoms. The van der Waals surface area contributed by atoms with Crippen LogP contribution in [0.2, 0.25) is 0 Å². The van der Waals surface area contributed by atoms with Gasteiger partial charge in [-0.25, -0.2) is 0 Å². The standard InChI is InChI=1S/C9H16O2/c1-2-3-4-5-6-7-9(11)8-10/h2,6-7,9-11H,1,3-5,8H2/b7-6-/t9-/m0/s1. The Bertz CT molecular complexity index is 119. The average molecular weight is 156 g/mol. The van der Waals surface area contributed by atoms with E-state index in [0.29, 0.717) is 0 Å². The Kier molecular flexibility index (Phi) is 7.10. The van der Waals surface area contributed by atoms with Gasteiger partial charge < -0.3 is 10.2 Å². The molecule has 0 amide bonds. The minimum absolute atomic E-state index is 0.196. The third kappa shape index (κ3) is 7.30. The van der Waals surface area contributed by atoms with Gasteiger partial charge in [-0.3, -0.25) is 0 Å². The summed E-state index contributed by atoms with van der Waals surface area (Å²) in [6.07, 6.45) is 7.66. The van der Waals surface area contributed by atoms with Crippen molar-refractivity contribution in [2.24, 2.45) is 0 Å². The summed E-state index contributed by atoms with van der Waals surface area (Å²) in [7, 11) is 0. The molecule has 2 nitrogen and oxygen atoms in total. The molecule has 0 fully saturated rings. The van der Waals surface area contributed by atoms with E-state index in [1.165, 1.54) is 0 Å². The lowest BCUT2D eigenvalue weighted by Crippen LogP contribution is -2.06. The SMILES string of the molecule is C=CCCC/C=C\[C@H](O)CO. The third-order valence-corrected chi connectivity index (χ3v) is 1.32. The van der Waals surface area contributed by atoms with Crippen LogP contribution in [0.3, 0.4) is 0 Å². The molecule has 0 saturated carbocycles. The molecule has 0 aromatic heterocycles. The Morgan fingerprint density at radius 3 is 2.64 bits per heavy atom. The molecule has 64 valence electrons. The molecule has 0 rings (SSSR count). The van der Waals surface area contributed by atoms with Crippen LogP contribution in [0.25, 0.3) is 0 Å². The summed E-state index contributed by atoms with van der Waals surface area (Å²) < 4.78 is 0. The first-order valence-electron chi connectivity index (χ1n) is 3.87. The van der Waals surface area contributed by atoms with E-state index in [0.717, 1.165) is 19.3 Å². The molecule has 0 heterocycles. The van der Waals surface area contributed by atoms with Crippen LogP contribution < -0.4 is 0 Å². The highest BCUT2D eigenvalue weighted by Gasteiger charge is 1.91. The minimum atomic E-state index is -0.696. The van der Waals surface area contributed by atoms with Gasteiger partial charge in [-0.2, -0.15) is 0 Å². The van der Waals surface area contributed by atoms with Gasteiger partial charge in [-0.05, 0) is 19.3 Å². The summed E-state index contributed by atoms with van der Waals surface area (Å²) in [6.45, 7) is 3.40. The predicted molar refractivity (Wildman–Crippen MR) is 46.3 cm³/mol. The van der Waals surface area contributed by atoms with Crippen molar-refractivity contribution < 1.29 is 10.2 Å². The minimum Gasteiger partial charge on any atom is -0.393 e. The predicted octanol–water partition coefficient (Wildman–Crippen LogP) is 1.25. The lowest BCUT2D eigenvalue weighted by molar-refractivity contribution is 0.131. The summed E-state index contributed by atoms with van der Waals surface area (Å²) in [4.78, 5) is 0. The zero-order chi connectivity index (χ0) is 8.53. The summed E-state index contributed by atoms with van der Waals surface area (Å²) in [5, 5.41) is 17.3. The Hall–Kier alpha value is -0.600. The van der Waals surface area contributed by atoms with Gasteiger partial charge in [0, 0.05) is 0 Å². The van der Waals surface area contributed by atoms with Crippen molar-refractivity contribution in [3.63, 3.8) is 0 Å². The number of aliphatic hydroxyl groups is 2. The average Bonchev–Trinajstić information content (AvgIpc) is 2.04. The highest BCUT2D eigenvalue weighted by atomic mass is 16.3. The van der Waals surface area contributed by atoms with E-state index in [9.17, 15) is 0 Å². The molecule has 1 atom stereocenters. The summed E-state index contributed by atoms with van der Waals surface area (Å²) >= 11 is 0. The molecule has 0 bridgehead atoms. The van der Waals surface area contributed by atoms with Gasteiger partial charge in [0.1, 0.15) is 0 Å². The van der Waals surface area contributed by atoms with Crippen molar-refractivity contribution in [2.45, 2.75) is 25.4 Å². The molecule has 0 radical (unpaired) electrons. The summed E-state index contributed by atoms with van der Waals surface area (Å²) in [5.41, 5.74) is 0. The monoisotopic (exact) mass is 156 g/mol. The second kappa shape index (κ2) is 7.51. The number of hydrogen-bond donors (Lipinski definition) is 2. The van der Waals surface area contributed by atoms with E-state index in [1.54, 1.807) is 6.08 Å². The van der Waals surface area contributed by atoms with E-state index in [1.807, 2.05) is 12.2 Å². The molecule has 0 spiro atoms. The van der Waals surface area contributed by atoms with Crippen LogP contribution >= 0.6 is 0 Å². The van der Waals surface area contributed by atoms with Gasteiger partial charge in [0.25, 0.3) is 0 Å². The van der Waals surface area contributed by atoms with Gasteiger partial charge in [-0.1, -0.05) is 18.2 Å². The van der Waals surface area contributed by atoms with Crippen LogP contribution in [0.4, 0.5) is 0 Å². The maximum atomic E-state index is 8.86. The molecule has 0 aromatic carbocycles. The largest absolute Gasteiger partial charge is 0.393 e. The quantitative estimate of drug-likeness (QED) is 0.449. The third-order valence-electron chi connectivity index (χ3n) is 1.32. The fourth-order valence-corrected chi connectivity index (χ4v) is 0.694. The topological polar surface area (TPSA) is 40.5 Å². The Balaban J connectivity index is 3.21. The Morgan fingerprint density at radius 1 is 1.36 bits per heavy atom. The molecular formula is C9H16O2. The van der Waals surface area contributed by atoms with Crippen LogP contribution in [-0.4, -0.2) is 22.9 Å². The van der Waals surface area contributed by atoms with E-state index in [4.69, 9.17) is 10.2 Å². The van der Waals surface area contributed by atoms with Crippen LogP contribution in [0, 0.1) is 0 Å². The Labute approximate surface area is 67.9 Å². The number of aliphatic hydroxyl groups excluding tert-OH is 2. The molecule has 0 aromatic rings. The first-order valence-corrected chi connectivity index (χ1v) is 3.87. The van der Waals surface area contributed by atoms with Crippen molar-refractivity contribution in [1.29, 1.82) is 0 Å². The molecular weight excluding hydrogens is 140 g/mol. The molecule has 0 aliphatic rings. The normalized spacial score (nSPS) is 13.6. The maximum Gasteiger partial charge on any atom is 0.0951 e. The fraction of sp³-hybridized carbons (Fsp3) is 0.556. The molecule has 0 aliphatic heterocycles. The second-order valence-electron chi connectivity index (χ2n) is 2.40. The van der Waals surface area contributed by atoms with Crippen LogP contribution in [0.5, 0.6) is 0 Å². The van der Waals surface area contributed by atoms with Gasteiger partial charge in [0.2, 0.25) is 0 Å². The lowest BCUT2D eigenvalue weighted by Gasteiger charge is -1.97. The number of rotatable bonds is 6. The first kappa shape index (κ1) is 10.4. The molecule has 0 unspecified atom stereocenters. The number of unbranched alkanes of at least 4 members (excludes halogenated alkanes) is 2. The van der Waals surface area contributed by atoms with Crippen molar-refractivity contribution >= 4 is 0 Å². The van der Waals surface area contributed by atoms with Gasteiger partial charge in [0.05, 0.1) is 12.7 Å². The van der Waals surface area contributed by atoms with Crippen molar-refractivity contribution in [3.8, 4) is 0 Å². The van der Waals surface area contributed by atoms with Gasteiger partial charge in [0.15, 0.2) is 0 Å². The summed E-state index contributed by atoms with van der Waals surface area (Å²) in [6, 6.07) is 0. The summed E-state index contributed by atoms with van der Waals surface area (Å²) in [5.74, 6) is 0. The number of hydrogen-bond acceptors (Lipinski definition) is 2. The maximum absolute atomic E-state index is 8.86. The van der Waals surface area contributed by atoms with E-state index < -0.39 is 6.10 Å². The second-order valence-corrected chi connectivity index (χ2v) is 2.40. The molecule has 11 heavy (non-hydrogen) atoms. The van der Waals surface area contributed by atoms with Crippen molar-refractivity contribution in [2.75, 3.05) is 6.61 Å². The first-order chi connectivity index (χ1) is 5.31. The smallest absolute Gasteiger partial charge is 0.0951 e. The van der Waals surface area contributed by atoms with Gasteiger partial charge >= 0.3 is 0 Å². The Morgan fingerprint density at radius 2 is 2.09 bits per heavy atom. The fourth-order valence-electron chi connectivity index (χ4n) is 0.694. The zero-order valence-corrected chi connectivity index (χ0v) is 6.74. The highest BCUT2D eigenvalue weighted by Crippen LogP contribution is 1.97. The van der Waals surface area contributed by atoms with Gasteiger partial charge in [-0.15, -0.1) is 6.58 Å². The van der Waals surface area contributed by atoms with Crippen molar-refractivity contribution in [3.05, 3.63) is 24.8 Å². The van der Waals surface area contributed by atoms with Crippen molar-refractivity contribution in [1.82, 2.24) is 0 Å². The molecule has 2 N–H and O–H groups in total. The van der Waals surface area contributed by atoms with Crippen LogP contribution in [-0.2, 0) is 0 Å². The van der Waals surface area contributed by atoms with E-state index in [-0.39, 0.29) is 6.61 Å². The van der Waals surface area contributed by atoms with Crippen LogP contribution in [0.15, 0.2) is 24.8 Å². The lowest BCUT2D eigenvalue weighted by atomic mass is 10.2. The van der Waals surface area contributed by atoms with E-state index >= 15 is 0 Å².